The maximum Gasteiger partial charge on any atom is 0.416 e. The van der Waals surface area contributed by atoms with E-state index < -0.39 is 53.0 Å². The maximum atomic E-state index is 15.9. The minimum atomic E-state index is -4.84. The zero-order valence-electron chi connectivity index (χ0n) is 27.7. The summed E-state index contributed by atoms with van der Waals surface area (Å²) in [6, 6.07) is 15.4. The van der Waals surface area contributed by atoms with Crippen molar-refractivity contribution in [3.63, 3.8) is 0 Å². The van der Waals surface area contributed by atoms with Crippen molar-refractivity contribution < 1.29 is 36.2 Å². The molecule has 0 saturated heterocycles. The highest BCUT2D eigenvalue weighted by molar-refractivity contribution is 5.74. The fourth-order valence-electron chi connectivity index (χ4n) is 6.75. The molecule has 0 fully saturated rings. The minimum absolute atomic E-state index is 0.0643. The van der Waals surface area contributed by atoms with Gasteiger partial charge in [-0.2, -0.15) is 13.2 Å². The van der Waals surface area contributed by atoms with Crippen LogP contribution in [0.4, 0.5) is 27.8 Å². The van der Waals surface area contributed by atoms with Crippen LogP contribution in [0.3, 0.4) is 0 Å². The lowest BCUT2D eigenvalue weighted by atomic mass is 9.91. The van der Waals surface area contributed by atoms with Crippen LogP contribution in [0.15, 0.2) is 71.5 Å². The molecule has 3 aromatic carbocycles. The number of benzene rings is 3. The molecule has 2 unspecified atom stereocenters. The predicted molar refractivity (Wildman–Crippen MR) is 177 cm³/mol. The summed E-state index contributed by atoms with van der Waals surface area (Å²) in [6.45, 7) is 4.17. The molecule has 0 spiro atoms. The first-order valence-corrected chi connectivity index (χ1v) is 16.0. The van der Waals surface area contributed by atoms with Crippen LogP contribution in [0, 0.1) is 18.6 Å². The van der Waals surface area contributed by atoms with E-state index in [1.54, 1.807) is 6.92 Å². The number of pyridine rings is 1. The highest BCUT2D eigenvalue weighted by Gasteiger charge is 2.39. The molecule has 2 heterocycles. The predicted octanol–water partition coefficient (Wildman–Crippen LogP) is 7.70. The zero-order chi connectivity index (χ0) is 35.5. The number of fused-ring (bicyclic) bond motifs is 1. The second-order valence-corrected chi connectivity index (χ2v) is 12.0. The fraction of sp³-hybridized carbons (Fsp3) is 0.351. The van der Waals surface area contributed by atoms with Crippen LogP contribution in [0.2, 0.25) is 0 Å². The first-order chi connectivity index (χ1) is 23.4. The molecular weight excluding hydrogens is 645 g/mol. The number of alkyl halides is 3. The van der Waals surface area contributed by atoms with Crippen LogP contribution in [-0.4, -0.2) is 49.3 Å². The van der Waals surface area contributed by atoms with E-state index in [0.29, 0.717) is 13.0 Å². The average molecular weight is 684 g/mol. The Morgan fingerprint density at radius 1 is 1.04 bits per heavy atom. The topological polar surface area (TPSA) is 72.8 Å². The van der Waals surface area contributed by atoms with Gasteiger partial charge in [-0.25, -0.2) is 8.78 Å². The number of carbonyl (C=O) groups is 1. The molecule has 4 aromatic rings. The van der Waals surface area contributed by atoms with E-state index >= 15 is 8.78 Å². The monoisotopic (exact) mass is 683 g/mol. The number of carbonyl (C=O) groups excluding carboxylic acids is 1. The van der Waals surface area contributed by atoms with E-state index in [-0.39, 0.29) is 59.4 Å². The lowest BCUT2D eigenvalue weighted by molar-refractivity contribution is -0.143. The van der Waals surface area contributed by atoms with Gasteiger partial charge in [-0.15, -0.1) is 0 Å². The van der Waals surface area contributed by atoms with Crippen LogP contribution < -0.4 is 15.6 Å². The Morgan fingerprint density at radius 2 is 1.76 bits per heavy atom. The number of nitrogens with zero attached hydrogens (tertiary/aromatic N) is 2. The van der Waals surface area contributed by atoms with Crippen molar-refractivity contribution in [3.8, 4) is 16.9 Å². The Morgan fingerprint density at radius 3 is 2.43 bits per heavy atom. The van der Waals surface area contributed by atoms with Gasteiger partial charge in [0.05, 0.1) is 36.9 Å². The first-order valence-electron chi connectivity index (χ1n) is 16.0. The summed E-state index contributed by atoms with van der Waals surface area (Å²) in [5.74, 6) is -2.07. The quantitative estimate of drug-likeness (QED) is 0.122. The summed E-state index contributed by atoms with van der Waals surface area (Å²) in [5, 5.41) is 3.25. The number of rotatable bonds is 12. The Balaban J connectivity index is 1.72. The molecule has 0 bridgehead atoms. The van der Waals surface area contributed by atoms with Gasteiger partial charge in [0, 0.05) is 36.1 Å². The van der Waals surface area contributed by atoms with Crippen molar-refractivity contribution in [1.29, 1.82) is 0 Å². The van der Waals surface area contributed by atoms with Gasteiger partial charge in [-0.3, -0.25) is 19.1 Å². The van der Waals surface area contributed by atoms with Gasteiger partial charge < -0.3 is 14.8 Å². The zero-order valence-corrected chi connectivity index (χ0v) is 27.7. The van der Waals surface area contributed by atoms with E-state index in [1.165, 1.54) is 36.8 Å². The number of nitrogens with one attached hydrogen (secondary N) is 1. The van der Waals surface area contributed by atoms with E-state index in [4.69, 9.17) is 9.47 Å². The highest BCUT2D eigenvalue weighted by Crippen LogP contribution is 2.43. The van der Waals surface area contributed by atoms with Crippen LogP contribution in [0.25, 0.3) is 11.1 Å². The summed E-state index contributed by atoms with van der Waals surface area (Å²) in [4.78, 5) is 28.7. The molecule has 0 saturated carbocycles. The van der Waals surface area contributed by atoms with Gasteiger partial charge in [0.1, 0.15) is 11.6 Å². The summed E-state index contributed by atoms with van der Waals surface area (Å²) in [5.41, 5.74) is -1.15. The molecule has 0 aliphatic carbocycles. The molecule has 12 heteroatoms. The lowest BCUT2D eigenvalue weighted by Crippen LogP contribution is -2.37. The van der Waals surface area contributed by atoms with Crippen LogP contribution in [-0.2, 0) is 22.1 Å². The highest BCUT2D eigenvalue weighted by atomic mass is 19.4. The normalized spacial score (nSPS) is 14.8. The average Bonchev–Trinajstić information content (AvgIpc) is 3.49. The van der Waals surface area contributed by atoms with E-state index in [9.17, 15) is 22.8 Å². The molecule has 49 heavy (non-hydrogen) atoms. The summed E-state index contributed by atoms with van der Waals surface area (Å²) in [6.07, 6.45) is -4.71. The molecule has 5 rings (SSSR count). The van der Waals surface area contributed by atoms with Crippen molar-refractivity contribution in [1.82, 2.24) is 9.47 Å². The minimum Gasteiger partial charge on any atom is -0.494 e. The van der Waals surface area contributed by atoms with E-state index in [0.717, 1.165) is 23.8 Å². The number of likely N-dealkylation sites (N-methyl/N-ethyl adjacent to an activating group) is 1. The SMILES string of the molecule is CCOC(=O)CCCN(C)C(c1ccccc1)C1CNc2c(Cc3c(F)cccc3C(F)(F)F)c(C)c(-c3cccc(OC)c3F)c(=O)n21. The summed E-state index contributed by atoms with van der Waals surface area (Å²) >= 11 is 0. The molecule has 1 aromatic heterocycles. The van der Waals surface area contributed by atoms with Crippen molar-refractivity contribution >= 4 is 11.8 Å². The van der Waals surface area contributed by atoms with Gasteiger partial charge >= 0.3 is 12.1 Å². The molecule has 1 N–H and O–H groups in total. The van der Waals surface area contributed by atoms with Crippen LogP contribution >= 0.6 is 0 Å². The number of aromatic nitrogens is 1. The number of ether oxygens (including phenoxy) is 2. The number of hydrogen-bond donors (Lipinski definition) is 1. The molecule has 2 atom stereocenters. The summed E-state index contributed by atoms with van der Waals surface area (Å²) < 4.78 is 85.3. The number of anilines is 1. The molecule has 1 aliphatic heterocycles. The molecular formula is C37H38F5N3O4. The third-order valence-corrected chi connectivity index (χ3v) is 9.01. The first kappa shape index (κ1) is 35.6. The van der Waals surface area contributed by atoms with Gasteiger partial charge in [0.2, 0.25) is 0 Å². The Hall–Kier alpha value is -4.71. The second kappa shape index (κ2) is 14.8. The van der Waals surface area contributed by atoms with Crippen molar-refractivity contribution in [2.24, 2.45) is 0 Å². The van der Waals surface area contributed by atoms with Crippen molar-refractivity contribution in [3.05, 3.63) is 117 Å². The second-order valence-electron chi connectivity index (χ2n) is 12.0. The number of methoxy groups -OCH3 is 1. The van der Waals surface area contributed by atoms with Crippen molar-refractivity contribution in [2.45, 2.75) is 51.4 Å². The third-order valence-electron chi connectivity index (χ3n) is 9.01. The molecule has 260 valence electrons. The van der Waals surface area contributed by atoms with E-state index in [1.807, 2.05) is 42.3 Å². The van der Waals surface area contributed by atoms with Crippen LogP contribution in [0.1, 0.15) is 59.7 Å². The number of hydrogen-bond acceptors (Lipinski definition) is 6. The van der Waals surface area contributed by atoms with E-state index in [2.05, 4.69) is 5.32 Å². The molecule has 7 nitrogen and oxygen atoms in total. The number of halogens is 5. The molecule has 0 radical (unpaired) electrons. The van der Waals surface area contributed by atoms with Crippen LogP contribution in [0.5, 0.6) is 5.75 Å². The van der Waals surface area contributed by atoms with Crippen molar-refractivity contribution in [2.75, 3.05) is 39.2 Å². The van der Waals surface area contributed by atoms with Gasteiger partial charge in [-0.05, 0) is 63.2 Å². The smallest absolute Gasteiger partial charge is 0.416 e. The lowest BCUT2D eigenvalue weighted by Gasteiger charge is -2.34. The summed E-state index contributed by atoms with van der Waals surface area (Å²) in [7, 11) is 3.15. The fourth-order valence-corrected chi connectivity index (χ4v) is 6.75. The molecule has 1 aliphatic rings. The third kappa shape index (κ3) is 7.19. The standard InChI is InChI=1S/C37H38F5N3O4/c1-5-49-31(46)18-11-19-44(3)34(23-12-7-6-8-13-23)29-21-43-35-25(20-26-27(37(40,41)42)15-10-16-28(26)38)22(2)32(36(47)45(29)35)24-14-9-17-30(48-4)33(24)39/h6-10,12-17,29,34,43H,5,11,18-21H2,1-4H3. The number of esters is 1. The molecule has 0 amide bonds. The Bertz CT molecular complexity index is 1880. The maximum absolute atomic E-state index is 15.9. The van der Waals surface area contributed by atoms with Gasteiger partial charge in [0.25, 0.3) is 5.56 Å². The largest absolute Gasteiger partial charge is 0.494 e. The Kier molecular flexibility index (Phi) is 10.8. The van der Waals surface area contributed by atoms with Gasteiger partial charge in [0.15, 0.2) is 11.6 Å². The van der Waals surface area contributed by atoms with Gasteiger partial charge in [-0.1, -0.05) is 48.5 Å². The Labute approximate surface area is 281 Å².